The summed E-state index contributed by atoms with van der Waals surface area (Å²) in [6.07, 6.45) is 5.02. The summed E-state index contributed by atoms with van der Waals surface area (Å²) >= 11 is 0. The lowest BCUT2D eigenvalue weighted by Crippen LogP contribution is -2.02. The van der Waals surface area contributed by atoms with Crippen molar-refractivity contribution in [1.82, 2.24) is 24.5 Å². The minimum absolute atomic E-state index is 0.0896. The predicted octanol–water partition coefficient (Wildman–Crippen LogP) is 1.12. The van der Waals surface area contributed by atoms with Crippen LogP contribution in [0.25, 0.3) is 16.9 Å². The lowest BCUT2D eigenvalue weighted by atomic mass is 10.1. The van der Waals surface area contributed by atoms with Gasteiger partial charge in [0.2, 0.25) is 0 Å². The van der Waals surface area contributed by atoms with Crippen molar-refractivity contribution in [2.45, 2.75) is 6.54 Å². The van der Waals surface area contributed by atoms with Crippen LogP contribution >= 0.6 is 0 Å². The Bertz CT molecular complexity index is 642. The second kappa shape index (κ2) is 5.03. The average Bonchev–Trinajstić information content (AvgIpc) is 3.10. The molecule has 0 saturated carbocycles. The van der Waals surface area contributed by atoms with E-state index in [-0.39, 0.29) is 6.61 Å². The molecular weight excluding hydrogens is 242 g/mol. The third-order valence-corrected chi connectivity index (χ3v) is 2.82. The molecule has 0 amide bonds. The molecule has 0 aliphatic rings. The van der Waals surface area contributed by atoms with Gasteiger partial charge in [-0.1, -0.05) is 12.1 Å². The number of aliphatic hydroxyl groups is 1. The number of nitrogens with zero attached hydrogens (tertiary/aromatic N) is 5. The van der Waals surface area contributed by atoms with Crippen LogP contribution < -0.4 is 0 Å². The van der Waals surface area contributed by atoms with Crippen LogP contribution in [0.2, 0.25) is 0 Å². The molecule has 0 fully saturated rings. The van der Waals surface area contributed by atoms with Crippen LogP contribution in [0, 0.1) is 0 Å². The molecule has 2 aromatic heterocycles. The summed E-state index contributed by atoms with van der Waals surface area (Å²) in [6, 6.07) is 9.84. The van der Waals surface area contributed by atoms with Gasteiger partial charge in [-0.3, -0.25) is 4.68 Å². The molecule has 2 heterocycles. The summed E-state index contributed by atoms with van der Waals surface area (Å²) < 4.78 is 3.43. The fraction of sp³-hybridized carbons (Fsp3) is 0.154. The van der Waals surface area contributed by atoms with Gasteiger partial charge < -0.3 is 5.11 Å². The van der Waals surface area contributed by atoms with Crippen molar-refractivity contribution in [3.8, 4) is 16.9 Å². The SMILES string of the molecule is OCCn1ccc(-c2ccc(-n3cncn3)cc2)n1. The highest BCUT2D eigenvalue weighted by atomic mass is 16.3. The van der Waals surface area contributed by atoms with E-state index in [0.717, 1.165) is 16.9 Å². The number of benzene rings is 1. The van der Waals surface area contributed by atoms with E-state index in [1.54, 1.807) is 15.7 Å². The van der Waals surface area contributed by atoms with E-state index in [0.29, 0.717) is 6.54 Å². The van der Waals surface area contributed by atoms with E-state index in [9.17, 15) is 0 Å². The van der Waals surface area contributed by atoms with Gasteiger partial charge in [-0.05, 0) is 18.2 Å². The number of hydrogen-bond acceptors (Lipinski definition) is 4. The molecular formula is C13H13N5O. The van der Waals surface area contributed by atoms with E-state index in [1.165, 1.54) is 6.33 Å². The van der Waals surface area contributed by atoms with Gasteiger partial charge in [0.1, 0.15) is 12.7 Å². The number of rotatable bonds is 4. The van der Waals surface area contributed by atoms with Crippen molar-refractivity contribution in [2.24, 2.45) is 0 Å². The lowest BCUT2D eigenvalue weighted by molar-refractivity contribution is 0.269. The van der Waals surface area contributed by atoms with Crippen LogP contribution in [0.3, 0.4) is 0 Å². The van der Waals surface area contributed by atoms with E-state index in [2.05, 4.69) is 15.2 Å². The second-order valence-electron chi connectivity index (χ2n) is 4.07. The zero-order valence-electron chi connectivity index (χ0n) is 10.2. The van der Waals surface area contributed by atoms with Gasteiger partial charge in [-0.25, -0.2) is 9.67 Å². The van der Waals surface area contributed by atoms with Crippen molar-refractivity contribution >= 4 is 0 Å². The summed E-state index contributed by atoms with van der Waals surface area (Å²) in [7, 11) is 0. The average molecular weight is 255 g/mol. The topological polar surface area (TPSA) is 68.8 Å². The van der Waals surface area contributed by atoms with Gasteiger partial charge in [0.15, 0.2) is 0 Å². The van der Waals surface area contributed by atoms with Crippen LogP contribution in [-0.2, 0) is 6.54 Å². The normalized spacial score (nSPS) is 10.8. The first-order chi connectivity index (χ1) is 9.36. The molecule has 0 radical (unpaired) electrons. The van der Waals surface area contributed by atoms with Crippen molar-refractivity contribution < 1.29 is 5.11 Å². The molecule has 3 rings (SSSR count). The predicted molar refractivity (Wildman–Crippen MR) is 69.7 cm³/mol. The highest BCUT2D eigenvalue weighted by Crippen LogP contribution is 2.18. The number of aliphatic hydroxyl groups excluding tert-OH is 1. The molecule has 0 atom stereocenters. The lowest BCUT2D eigenvalue weighted by Gasteiger charge is -2.02. The molecule has 0 saturated heterocycles. The first-order valence-corrected chi connectivity index (χ1v) is 5.96. The van der Waals surface area contributed by atoms with E-state index < -0.39 is 0 Å². The third-order valence-electron chi connectivity index (χ3n) is 2.82. The number of hydrogen-bond donors (Lipinski definition) is 1. The molecule has 1 aromatic carbocycles. The standard InChI is InChI=1S/C13H13N5O/c19-8-7-17-6-5-13(16-17)11-1-3-12(4-2-11)18-10-14-9-15-18/h1-6,9-10,19H,7-8H2. The molecule has 96 valence electrons. The molecule has 0 bridgehead atoms. The quantitative estimate of drug-likeness (QED) is 0.758. The fourth-order valence-electron chi connectivity index (χ4n) is 1.87. The first-order valence-electron chi connectivity index (χ1n) is 5.96. The Morgan fingerprint density at radius 1 is 1.11 bits per heavy atom. The van der Waals surface area contributed by atoms with E-state index in [1.807, 2.05) is 36.5 Å². The molecule has 0 spiro atoms. The molecule has 6 nitrogen and oxygen atoms in total. The van der Waals surface area contributed by atoms with Gasteiger partial charge in [-0.15, -0.1) is 0 Å². The monoisotopic (exact) mass is 255 g/mol. The Kier molecular flexibility index (Phi) is 3.07. The van der Waals surface area contributed by atoms with Crippen LogP contribution in [0.1, 0.15) is 0 Å². The Hall–Kier alpha value is -2.47. The molecule has 0 aliphatic heterocycles. The zero-order chi connectivity index (χ0) is 13.1. The van der Waals surface area contributed by atoms with Gasteiger partial charge in [-0.2, -0.15) is 10.2 Å². The molecule has 0 unspecified atom stereocenters. The van der Waals surface area contributed by atoms with Gasteiger partial charge in [0.05, 0.1) is 24.5 Å². The van der Waals surface area contributed by atoms with Crippen LogP contribution in [0.5, 0.6) is 0 Å². The second-order valence-corrected chi connectivity index (χ2v) is 4.07. The Morgan fingerprint density at radius 2 is 1.95 bits per heavy atom. The van der Waals surface area contributed by atoms with Crippen LogP contribution in [0.15, 0.2) is 49.2 Å². The minimum atomic E-state index is 0.0896. The van der Waals surface area contributed by atoms with Crippen molar-refractivity contribution in [3.05, 3.63) is 49.2 Å². The number of aromatic nitrogens is 5. The molecule has 19 heavy (non-hydrogen) atoms. The van der Waals surface area contributed by atoms with Crippen molar-refractivity contribution in [1.29, 1.82) is 0 Å². The molecule has 3 aromatic rings. The maximum absolute atomic E-state index is 8.87. The van der Waals surface area contributed by atoms with E-state index >= 15 is 0 Å². The summed E-state index contributed by atoms with van der Waals surface area (Å²) in [6.45, 7) is 0.601. The summed E-state index contributed by atoms with van der Waals surface area (Å²) in [5, 5.41) is 17.3. The summed E-state index contributed by atoms with van der Waals surface area (Å²) in [5.74, 6) is 0. The van der Waals surface area contributed by atoms with Gasteiger partial charge in [0, 0.05) is 11.8 Å². The highest BCUT2D eigenvalue weighted by Gasteiger charge is 2.03. The largest absolute Gasteiger partial charge is 0.394 e. The Morgan fingerprint density at radius 3 is 2.63 bits per heavy atom. The van der Waals surface area contributed by atoms with E-state index in [4.69, 9.17) is 5.11 Å². The fourth-order valence-corrected chi connectivity index (χ4v) is 1.87. The maximum atomic E-state index is 8.87. The minimum Gasteiger partial charge on any atom is -0.394 e. The molecule has 0 aliphatic carbocycles. The molecule has 6 heteroatoms. The van der Waals surface area contributed by atoms with Gasteiger partial charge in [0.25, 0.3) is 0 Å². The van der Waals surface area contributed by atoms with Gasteiger partial charge >= 0.3 is 0 Å². The van der Waals surface area contributed by atoms with Crippen molar-refractivity contribution in [3.63, 3.8) is 0 Å². The smallest absolute Gasteiger partial charge is 0.138 e. The van der Waals surface area contributed by atoms with Crippen LogP contribution in [-0.4, -0.2) is 36.3 Å². The Balaban J connectivity index is 1.85. The third kappa shape index (κ3) is 2.38. The summed E-state index contributed by atoms with van der Waals surface area (Å²) in [5.41, 5.74) is 2.87. The molecule has 1 N–H and O–H groups in total. The van der Waals surface area contributed by atoms with Crippen molar-refractivity contribution in [2.75, 3.05) is 6.61 Å². The van der Waals surface area contributed by atoms with Crippen LogP contribution in [0.4, 0.5) is 0 Å². The highest BCUT2D eigenvalue weighted by molar-refractivity contribution is 5.60. The first kappa shape index (κ1) is 11.6. The Labute approximate surface area is 110 Å². The zero-order valence-corrected chi connectivity index (χ0v) is 10.2. The summed E-state index contributed by atoms with van der Waals surface area (Å²) in [4.78, 5) is 3.92. The maximum Gasteiger partial charge on any atom is 0.138 e.